The zero-order valence-corrected chi connectivity index (χ0v) is 19.6. The van der Waals surface area contributed by atoms with Crippen molar-refractivity contribution >= 4 is 33.0 Å². The van der Waals surface area contributed by atoms with Gasteiger partial charge in [0.05, 0.1) is 30.3 Å². The lowest BCUT2D eigenvalue weighted by Crippen LogP contribution is -2.40. The van der Waals surface area contributed by atoms with E-state index in [1.54, 1.807) is 28.8 Å². The lowest BCUT2D eigenvalue weighted by molar-refractivity contribution is 0.0305. The predicted octanol–water partition coefficient (Wildman–Crippen LogP) is 2.68. The molecule has 2 aliphatic heterocycles. The molecule has 0 atom stereocenters. The Hall–Kier alpha value is -2.69. The maximum absolute atomic E-state index is 13.4. The molecule has 0 bridgehead atoms. The van der Waals surface area contributed by atoms with Crippen molar-refractivity contribution in [1.82, 2.24) is 14.5 Å². The zero-order chi connectivity index (χ0) is 22.5. The average Bonchev–Trinajstić information content (AvgIpc) is 3.50. The number of benzene rings is 1. The van der Waals surface area contributed by atoms with Crippen molar-refractivity contribution < 1.29 is 17.9 Å². The van der Waals surface area contributed by atoms with Crippen molar-refractivity contribution in [3.05, 3.63) is 52.7 Å². The van der Waals surface area contributed by atoms with Gasteiger partial charge in [-0.15, -0.1) is 11.3 Å². The summed E-state index contributed by atoms with van der Waals surface area (Å²) in [7, 11) is -1.90. The van der Waals surface area contributed by atoms with Crippen LogP contribution in [-0.2, 0) is 28.2 Å². The second kappa shape index (κ2) is 8.02. The molecule has 4 heterocycles. The standard InChI is InChI=1S/C22H24N4O4S2/c1-15-20(22(27)25-9-11-30-12-10-25)31-21(23-15)19-13-17(14-24(19)2)32(28,29)26-8-7-16-5-3-4-6-18(16)26/h3-6,13-14H,7-12H2,1-2H3. The van der Waals surface area contributed by atoms with E-state index < -0.39 is 10.0 Å². The molecule has 1 amide bonds. The number of carbonyl (C=O) groups is 1. The lowest BCUT2D eigenvalue weighted by atomic mass is 10.2. The molecule has 1 fully saturated rings. The highest BCUT2D eigenvalue weighted by atomic mass is 32.2. The van der Waals surface area contributed by atoms with Gasteiger partial charge in [0, 0.05) is 32.9 Å². The molecule has 2 aromatic heterocycles. The number of para-hydroxylation sites is 1. The summed E-state index contributed by atoms with van der Waals surface area (Å²) in [6.07, 6.45) is 2.32. The first-order valence-electron chi connectivity index (χ1n) is 10.5. The summed E-state index contributed by atoms with van der Waals surface area (Å²) in [6, 6.07) is 9.24. The second-order valence-electron chi connectivity index (χ2n) is 7.97. The number of sulfonamides is 1. The Morgan fingerprint density at radius 3 is 2.69 bits per heavy atom. The largest absolute Gasteiger partial charge is 0.378 e. The number of hydrogen-bond donors (Lipinski definition) is 0. The summed E-state index contributed by atoms with van der Waals surface area (Å²) in [5, 5.41) is 0.630. The quantitative estimate of drug-likeness (QED) is 0.583. The van der Waals surface area contributed by atoms with Gasteiger partial charge in [-0.2, -0.15) is 0 Å². The number of hydrogen-bond acceptors (Lipinski definition) is 6. The number of carbonyl (C=O) groups excluding carboxylic acids is 1. The van der Waals surface area contributed by atoms with Gasteiger partial charge in [0.2, 0.25) is 0 Å². The van der Waals surface area contributed by atoms with Crippen LogP contribution >= 0.6 is 11.3 Å². The molecule has 0 unspecified atom stereocenters. The van der Waals surface area contributed by atoms with Gasteiger partial charge >= 0.3 is 0 Å². The van der Waals surface area contributed by atoms with Crippen molar-refractivity contribution in [2.75, 3.05) is 37.2 Å². The monoisotopic (exact) mass is 472 g/mol. The van der Waals surface area contributed by atoms with E-state index in [1.165, 1.54) is 15.6 Å². The van der Waals surface area contributed by atoms with Crippen molar-refractivity contribution in [1.29, 1.82) is 0 Å². The van der Waals surface area contributed by atoms with Crippen LogP contribution in [0.25, 0.3) is 10.7 Å². The van der Waals surface area contributed by atoms with Crippen molar-refractivity contribution in [2.45, 2.75) is 18.2 Å². The SMILES string of the molecule is Cc1nc(-c2cc(S(=O)(=O)N3CCc4ccccc43)cn2C)sc1C(=O)N1CCOCC1. The van der Waals surface area contributed by atoms with Crippen LogP contribution in [0.4, 0.5) is 5.69 Å². The summed E-state index contributed by atoms with van der Waals surface area (Å²) in [6.45, 7) is 4.45. The van der Waals surface area contributed by atoms with E-state index in [1.807, 2.05) is 31.2 Å². The first-order chi connectivity index (χ1) is 15.4. The fourth-order valence-corrected chi connectivity index (χ4v) is 6.86. The first kappa shape index (κ1) is 21.2. The Bertz CT molecular complexity index is 1290. The number of nitrogens with zero attached hydrogens (tertiary/aromatic N) is 4. The van der Waals surface area contributed by atoms with Gasteiger partial charge in [-0.3, -0.25) is 9.10 Å². The fraction of sp³-hybridized carbons (Fsp3) is 0.364. The smallest absolute Gasteiger partial charge is 0.266 e. The molecule has 5 rings (SSSR count). The van der Waals surface area contributed by atoms with Gasteiger partial charge in [-0.05, 0) is 31.0 Å². The molecule has 0 radical (unpaired) electrons. The number of aromatic nitrogens is 2. The Balaban J connectivity index is 1.46. The Morgan fingerprint density at radius 1 is 1.16 bits per heavy atom. The molecular weight excluding hydrogens is 448 g/mol. The molecule has 1 aromatic carbocycles. The van der Waals surface area contributed by atoms with E-state index >= 15 is 0 Å². The van der Waals surface area contributed by atoms with E-state index in [4.69, 9.17) is 4.74 Å². The number of aryl methyl sites for hydroxylation is 2. The number of anilines is 1. The van der Waals surface area contributed by atoms with Crippen LogP contribution in [0.3, 0.4) is 0 Å². The van der Waals surface area contributed by atoms with Gasteiger partial charge in [0.1, 0.15) is 14.8 Å². The number of fused-ring (bicyclic) bond motifs is 1. The molecule has 0 spiro atoms. The number of amides is 1. The Morgan fingerprint density at radius 2 is 1.91 bits per heavy atom. The fourth-order valence-electron chi connectivity index (χ4n) is 4.19. The number of rotatable bonds is 4. The summed E-state index contributed by atoms with van der Waals surface area (Å²) in [5.41, 5.74) is 3.10. The summed E-state index contributed by atoms with van der Waals surface area (Å²) in [4.78, 5) is 20.1. The molecule has 0 aliphatic carbocycles. The number of ether oxygens (including phenoxy) is 1. The summed E-state index contributed by atoms with van der Waals surface area (Å²) in [5.74, 6) is -0.0507. The Kier molecular flexibility index (Phi) is 5.31. The van der Waals surface area contributed by atoms with Crippen LogP contribution in [0.5, 0.6) is 0 Å². The first-order valence-corrected chi connectivity index (χ1v) is 12.7. The second-order valence-corrected chi connectivity index (χ2v) is 10.8. The van der Waals surface area contributed by atoms with Gasteiger partial charge in [-0.25, -0.2) is 13.4 Å². The predicted molar refractivity (Wildman–Crippen MR) is 123 cm³/mol. The maximum atomic E-state index is 13.4. The Labute approximate surface area is 191 Å². The number of thiazole rings is 1. The van der Waals surface area contributed by atoms with Crippen LogP contribution in [-0.4, -0.2) is 61.6 Å². The van der Waals surface area contributed by atoms with E-state index in [0.29, 0.717) is 60.5 Å². The molecule has 3 aromatic rings. The molecule has 0 saturated carbocycles. The average molecular weight is 473 g/mol. The van der Waals surface area contributed by atoms with Gasteiger partial charge in [-0.1, -0.05) is 18.2 Å². The summed E-state index contributed by atoms with van der Waals surface area (Å²) < 4.78 is 35.4. The maximum Gasteiger partial charge on any atom is 0.266 e. The minimum Gasteiger partial charge on any atom is -0.378 e. The van der Waals surface area contributed by atoms with Crippen LogP contribution < -0.4 is 4.31 Å². The van der Waals surface area contributed by atoms with Crippen LogP contribution in [0.1, 0.15) is 20.9 Å². The van der Waals surface area contributed by atoms with Crippen molar-refractivity contribution in [3.63, 3.8) is 0 Å². The molecule has 0 N–H and O–H groups in total. The van der Waals surface area contributed by atoms with E-state index in [0.717, 1.165) is 11.3 Å². The zero-order valence-electron chi connectivity index (χ0n) is 17.9. The lowest BCUT2D eigenvalue weighted by Gasteiger charge is -2.26. The molecule has 2 aliphatic rings. The molecule has 1 saturated heterocycles. The highest BCUT2D eigenvalue weighted by Crippen LogP contribution is 2.35. The van der Waals surface area contributed by atoms with E-state index in [9.17, 15) is 13.2 Å². The normalized spacial score (nSPS) is 16.4. The highest BCUT2D eigenvalue weighted by Gasteiger charge is 2.32. The van der Waals surface area contributed by atoms with Gasteiger partial charge in [0.15, 0.2) is 0 Å². The van der Waals surface area contributed by atoms with E-state index in [-0.39, 0.29) is 10.8 Å². The third-order valence-corrected chi connectivity index (χ3v) is 8.87. The van der Waals surface area contributed by atoms with Crippen LogP contribution in [0.2, 0.25) is 0 Å². The van der Waals surface area contributed by atoms with E-state index in [2.05, 4.69) is 4.98 Å². The highest BCUT2D eigenvalue weighted by molar-refractivity contribution is 7.92. The minimum atomic E-state index is -3.70. The van der Waals surface area contributed by atoms with Gasteiger partial charge < -0.3 is 14.2 Å². The molecule has 32 heavy (non-hydrogen) atoms. The van der Waals surface area contributed by atoms with Crippen LogP contribution in [0.15, 0.2) is 41.4 Å². The van der Waals surface area contributed by atoms with Crippen molar-refractivity contribution in [2.24, 2.45) is 7.05 Å². The topological polar surface area (TPSA) is 84.7 Å². The third kappa shape index (κ3) is 3.52. The molecule has 8 nitrogen and oxygen atoms in total. The molecule has 10 heteroatoms. The van der Waals surface area contributed by atoms with Gasteiger partial charge in [0.25, 0.3) is 15.9 Å². The minimum absolute atomic E-state index is 0.0507. The number of morpholine rings is 1. The third-order valence-electron chi connectivity index (χ3n) is 5.92. The molecular formula is C22H24N4O4S2. The van der Waals surface area contributed by atoms with Crippen molar-refractivity contribution in [3.8, 4) is 10.7 Å². The summed E-state index contributed by atoms with van der Waals surface area (Å²) >= 11 is 1.30. The van der Waals surface area contributed by atoms with Crippen LogP contribution in [0, 0.1) is 6.92 Å². The molecule has 168 valence electrons.